The standard InChI is InChI=1S/C16H25N3O2S.ClH/c1-18(2)22(20,21)16-5-3-13(4-6-16)11-19-8-7-14-9-17-10-15(14)12-19;/h3-6,14-15,17H,7-12H2,1-2H3;1H. The maximum absolute atomic E-state index is 12.1. The van der Waals surface area contributed by atoms with Crippen LogP contribution in [0.2, 0.25) is 0 Å². The first-order valence-corrected chi connectivity index (χ1v) is 9.35. The van der Waals surface area contributed by atoms with Gasteiger partial charge in [-0.05, 0) is 55.6 Å². The highest BCUT2D eigenvalue weighted by atomic mass is 35.5. The molecule has 2 unspecified atom stereocenters. The molecule has 0 spiro atoms. The van der Waals surface area contributed by atoms with E-state index in [0.29, 0.717) is 4.90 Å². The number of nitrogens with zero attached hydrogens (tertiary/aromatic N) is 2. The van der Waals surface area contributed by atoms with Crippen molar-refractivity contribution in [3.63, 3.8) is 0 Å². The molecule has 0 saturated carbocycles. The molecule has 5 nitrogen and oxygen atoms in total. The van der Waals surface area contributed by atoms with Crippen molar-refractivity contribution >= 4 is 22.4 Å². The average Bonchev–Trinajstić information content (AvgIpc) is 2.95. The lowest BCUT2D eigenvalue weighted by molar-refractivity contribution is 0.142. The van der Waals surface area contributed by atoms with Crippen molar-refractivity contribution in [2.24, 2.45) is 11.8 Å². The zero-order valence-corrected chi connectivity index (χ0v) is 15.4. The highest BCUT2D eigenvalue weighted by molar-refractivity contribution is 7.89. The molecule has 0 radical (unpaired) electrons. The number of rotatable bonds is 4. The van der Waals surface area contributed by atoms with Crippen LogP contribution in [0.25, 0.3) is 0 Å². The lowest BCUT2D eigenvalue weighted by Crippen LogP contribution is -2.39. The van der Waals surface area contributed by atoms with Crippen molar-refractivity contribution in [1.82, 2.24) is 14.5 Å². The second kappa shape index (κ2) is 7.49. The first-order valence-electron chi connectivity index (χ1n) is 7.91. The van der Waals surface area contributed by atoms with E-state index >= 15 is 0 Å². The van der Waals surface area contributed by atoms with Gasteiger partial charge in [0.25, 0.3) is 0 Å². The lowest BCUT2D eigenvalue weighted by Gasteiger charge is -2.34. The molecule has 2 saturated heterocycles. The summed E-state index contributed by atoms with van der Waals surface area (Å²) in [5.74, 6) is 1.63. The molecule has 1 N–H and O–H groups in total. The molecule has 0 bridgehead atoms. The maximum atomic E-state index is 12.1. The van der Waals surface area contributed by atoms with Crippen molar-refractivity contribution in [2.75, 3.05) is 40.3 Å². The van der Waals surface area contributed by atoms with Crippen LogP contribution in [0, 0.1) is 11.8 Å². The molecular formula is C16H26ClN3O2S. The third kappa shape index (κ3) is 4.06. The summed E-state index contributed by atoms with van der Waals surface area (Å²) in [6.07, 6.45) is 1.27. The zero-order valence-electron chi connectivity index (χ0n) is 13.7. The summed E-state index contributed by atoms with van der Waals surface area (Å²) in [5.41, 5.74) is 1.18. The molecule has 2 fully saturated rings. The summed E-state index contributed by atoms with van der Waals surface area (Å²) in [5, 5.41) is 3.49. The topological polar surface area (TPSA) is 52.7 Å². The van der Waals surface area contributed by atoms with Gasteiger partial charge in [-0.25, -0.2) is 12.7 Å². The Kier molecular flexibility index (Phi) is 6.08. The molecule has 2 atom stereocenters. The van der Waals surface area contributed by atoms with Crippen LogP contribution in [0.5, 0.6) is 0 Å². The summed E-state index contributed by atoms with van der Waals surface area (Å²) < 4.78 is 25.4. The van der Waals surface area contributed by atoms with Gasteiger partial charge in [-0.2, -0.15) is 0 Å². The van der Waals surface area contributed by atoms with E-state index in [4.69, 9.17) is 0 Å². The molecule has 1 aromatic rings. The SMILES string of the molecule is CN(C)S(=O)(=O)c1ccc(CN2CCC3CNCC3C2)cc1.Cl. The van der Waals surface area contributed by atoms with E-state index in [9.17, 15) is 8.42 Å². The van der Waals surface area contributed by atoms with Gasteiger partial charge in [-0.3, -0.25) is 4.90 Å². The van der Waals surface area contributed by atoms with Crippen LogP contribution in [-0.2, 0) is 16.6 Å². The first kappa shape index (κ1) is 18.7. The van der Waals surface area contributed by atoms with E-state index in [2.05, 4.69) is 10.2 Å². The molecule has 2 aliphatic heterocycles. The first-order chi connectivity index (χ1) is 10.5. The minimum Gasteiger partial charge on any atom is -0.316 e. The summed E-state index contributed by atoms with van der Waals surface area (Å²) in [7, 11) is -0.210. The molecule has 7 heteroatoms. The van der Waals surface area contributed by atoms with E-state index in [-0.39, 0.29) is 12.4 Å². The Morgan fingerprint density at radius 2 is 1.83 bits per heavy atom. The van der Waals surface area contributed by atoms with Crippen LogP contribution in [0.15, 0.2) is 29.2 Å². The van der Waals surface area contributed by atoms with Gasteiger partial charge in [0.05, 0.1) is 4.90 Å². The van der Waals surface area contributed by atoms with Gasteiger partial charge < -0.3 is 5.32 Å². The second-order valence-corrected chi connectivity index (χ2v) is 8.79. The van der Waals surface area contributed by atoms with Gasteiger partial charge in [-0.1, -0.05) is 12.1 Å². The summed E-state index contributed by atoms with van der Waals surface area (Å²) in [6.45, 7) is 5.51. The van der Waals surface area contributed by atoms with E-state index in [1.807, 2.05) is 12.1 Å². The number of sulfonamides is 1. The van der Waals surface area contributed by atoms with Crippen LogP contribution in [0.1, 0.15) is 12.0 Å². The van der Waals surface area contributed by atoms with Crippen molar-refractivity contribution in [2.45, 2.75) is 17.9 Å². The van der Waals surface area contributed by atoms with Crippen molar-refractivity contribution in [3.8, 4) is 0 Å². The predicted octanol–water partition coefficient (Wildman–Crippen LogP) is 1.40. The largest absolute Gasteiger partial charge is 0.316 e. The number of fused-ring (bicyclic) bond motifs is 1. The zero-order chi connectivity index (χ0) is 15.7. The smallest absolute Gasteiger partial charge is 0.242 e. The molecule has 2 aliphatic rings. The van der Waals surface area contributed by atoms with Gasteiger partial charge in [0.2, 0.25) is 10.0 Å². The van der Waals surface area contributed by atoms with Crippen LogP contribution < -0.4 is 5.32 Å². The highest BCUT2D eigenvalue weighted by Crippen LogP contribution is 2.27. The van der Waals surface area contributed by atoms with Gasteiger partial charge in [-0.15, -0.1) is 12.4 Å². The minimum absolute atomic E-state index is 0. The molecule has 130 valence electrons. The van der Waals surface area contributed by atoms with Gasteiger partial charge in [0, 0.05) is 27.2 Å². The third-order valence-electron chi connectivity index (χ3n) is 4.90. The molecule has 0 amide bonds. The number of benzene rings is 1. The monoisotopic (exact) mass is 359 g/mol. The number of nitrogens with one attached hydrogen (secondary N) is 1. The number of halogens is 1. The molecular weight excluding hydrogens is 334 g/mol. The fraction of sp³-hybridized carbons (Fsp3) is 0.625. The highest BCUT2D eigenvalue weighted by Gasteiger charge is 2.32. The Morgan fingerprint density at radius 1 is 1.17 bits per heavy atom. The van der Waals surface area contributed by atoms with E-state index in [1.165, 1.54) is 22.8 Å². The van der Waals surface area contributed by atoms with E-state index in [0.717, 1.165) is 38.0 Å². The number of hydrogen-bond donors (Lipinski definition) is 1. The average molecular weight is 360 g/mol. The van der Waals surface area contributed by atoms with Crippen LogP contribution in [0.4, 0.5) is 0 Å². The Balaban J connectivity index is 0.00000192. The van der Waals surface area contributed by atoms with Gasteiger partial charge in [0.1, 0.15) is 0 Å². The fourth-order valence-corrected chi connectivity index (χ4v) is 4.39. The minimum atomic E-state index is -3.33. The molecule has 1 aromatic carbocycles. The maximum Gasteiger partial charge on any atom is 0.242 e. The Hall–Kier alpha value is -0.660. The van der Waals surface area contributed by atoms with Gasteiger partial charge >= 0.3 is 0 Å². The third-order valence-corrected chi connectivity index (χ3v) is 6.73. The van der Waals surface area contributed by atoms with Crippen molar-refractivity contribution in [1.29, 1.82) is 0 Å². The van der Waals surface area contributed by atoms with E-state index in [1.54, 1.807) is 26.2 Å². The normalized spacial score (nSPS) is 25.2. The molecule has 23 heavy (non-hydrogen) atoms. The fourth-order valence-electron chi connectivity index (χ4n) is 3.49. The molecule has 0 aromatic heterocycles. The van der Waals surface area contributed by atoms with Crippen molar-refractivity contribution in [3.05, 3.63) is 29.8 Å². The quantitative estimate of drug-likeness (QED) is 0.883. The van der Waals surface area contributed by atoms with Gasteiger partial charge in [0.15, 0.2) is 0 Å². The molecule has 2 heterocycles. The molecule has 0 aliphatic carbocycles. The second-order valence-electron chi connectivity index (χ2n) is 6.63. The summed E-state index contributed by atoms with van der Waals surface area (Å²) in [6, 6.07) is 7.31. The number of likely N-dealkylation sites (tertiary alicyclic amines) is 1. The van der Waals surface area contributed by atoms with Crippen molar-refractivity contribution < 1.29 is 8.42 Å². The summed E-state index contributed by atoms with van der Waals surface area (Å²) >= 11 is 0. The Labute approximate surface area is 145 Å². The predicted molar refractivity (Wildman–Crippen MR) is 94.3 cm³/mol. The molecule has 3 rings (SSSR count). The lowest BCUT2D eigenvalue weighted by atomic mass is 9.88. The van der Waals surface area contributed by atoms with Crippen LogP contribution in [0.3, 0.4) is 0 Å². The number of hydrogen-bond acceptors (Lipinski definition) is 4. The summed E-state index contributed by atoms with van der Waals surface area (Å²) in [4.78, 5) is 2.85. The van der Waals surface area contributed by atoms with Crippen LogP contribution >= 0.6 is 12.4 Å². The van der Waals surface area contributed by atoms with E-state index < -0.39 is 10.0 Å². The Morgan fingerprint density at radius 3 is 2.48 bits per heavy atom. The number of piperidine rings is 1. The Bertz CT molecular complexity index is 619. The van der Waals surface area contributed by atoms with Crippen LogP contribution in [-0.4, -0.2) is 57.9 Å².